The first-order valence-electron chi connectivity index (χ1n) is 10.5. The van der Waals surface area contributed by atoms with Gasteiger partial charge in [0, 0.05) is 32.2 Å². The molecule has 0 saturated carbocycles. The number of sulfonamides is 2. The third kappa shape index (κ3) is 4.95. The fraction of sp³-hybridized carbons (Fsp3) is 0.474. The third-order valence-electron chi connectivity index (χ3n) is 5.83. The maximum atomic E-state index is 12.9. The summed E-state index contributed by atoms with van der Waals surface area (Å²) in [6.45, 7) is 1.39. The number of nitro groups is 1. The molecule has 3 heterocycles. The first-order chi connectivity index (χ1) is 16.1. The number of morpholine rings is 1. The van der Waals surface area contributed by atoms with Crippen LogP contribution in [0.1, 0.15) is 12.8 Å². The summed E-state index contributed by atoms with van der Waals surface area (Å²) in [5.74, 6) is 0. The Hall–Kier alpha value is -2.14. The first-order valence-corrected chi connectivity index (χ1v) is 14.3. The Morgan fingerprint density at radius 3 is 2.29 bits per heavy atom. The number of thiophene rings is 1. The highest BCUT2D eigenvalue weighted by atomic mass is 32.2. The van der Waals surface area contributed by atoms with Crippen molar-refractivity contribution in [1.29, 1.82) is 0 Å². The number of ether oxygens (including phenoxy) is 1. The van der Waals surface area contributed by atoms with Crippen LogP contribution in [0, 0.1) is 10.1 Å². The van der Waals surface area contributed by atoms with Crippen LogP contribution in [0.3, 0.4) is 0 Å². The number of nitrogens with zero attached hydrogens (tertiary/aromatic N) is 4. The molecule has 1 N–H and O–H groups in total. The van der Waals surface area contributed by atoms with E-state index in [2.05, 4.69) is 0 Å². The van der Waals surface area contributed by atoms with E-state index >= 15 is 0 Å². The molecule has 15 heteroatoms. The number of hydrogen-bond donors (Lipinski definition) is 1. The molecule has 0 bridgehead atoms. The van der Waals surface area contributed by atoms with E-state index in [1.54, 1.807) is 12.1 Å². The van der Waals surface area contributed by atoms with Gasteiger partial charge < -0.3 is 4.74 Å². The Balaban J connectivity index is 1.44. The summed E-state index contributed by atoms with van der Waals surface area (Å²) in [6.07, 6.45) is 0.591. The van der Waals surface area contributed by atoms with Gasteiger partial charge in [0.25, 0.3) is 15.7 Å². The molecule has 0 aliphatic carbocycles. The number of benzene rings is 1. The molecule has 12 nitrogen and oxygen atoms in total. The van der Waals surface area contributed by atoms with E-state index in [4.69, 9.17) is 4.74 Å². The van der Waals surface area contributed by atoms with Gasteiger partial charge in [-0.15, -0.1) is 11.3 Å². The summed E-state index contributed by atoms with van der Waals surface area (Å²) in [4.78, 5) is 10.3. The van der Waals surface area contributed by atoms with Gasteiger partial charge in [-0.1, -0.05) is 6.07 Å². The van der Waals surface area contributed by atoms with E-state index < -0.39 is 31.0 Å². The number of anilines is 1. The maximum absolute atomic E-state index is 12.9. The minimum Gasteiger partial charge on any atom is -0.379 e. The van der Waals surface area contributed by atoms with Crippen molar-refractivity contribution in [3.8, 4) is 0 Å². The van der Waals surface area contributed by atoms with Crippen LogP contribution in [0.5, 0.6) is 0 Å². The molecule has 0 spiro atoms. The topological polar surface area (TPSA) is 151 Å². The van der Waals surface area contributed by atoms with Crippen molar-refractivity contribution in [2.45, 2.75) is 28.0 Å². The number of rotatable bonds is 7. The van der Waals surface area contributed by atoms with Gasteiger partial charge in [0.15, 0.2) is 0 Å². The molecular weight excluding hydrogens is 508 g/mol. The molecule has 0 amide bonds. The quantitative estimate of drug-likeness (QED) is 0.415. The van der Waals surface area contributed by atoms with E-state index in [1.807, 2.05) is 0 Å². The predicted octanol–water partition coefficient (Wildman–Crippen LogP) is 1.73. The van der Waals surface area contributed by atoms with Gasteiger partial charge in [-0.3, -0.25) is 20.4 Å². The van der Waals surface area contributed by atoms with Crippen molar-refractivity contribution in [2.75, 3.05) is 44.5 Å². The zero-order valence-corrected chi connectivity index (χ0v) is 20.5. The van der Waals surface area contributed by atoms with Gasteiger partial charge in [0.05, 0.1) is 40.1 Å². The van der Waals surface area contributed by atoms with Crippen LogP contribution in [0.25, 0.3) is 0 Å². The van der Waals surface area contributed by atoms with Gasteiger partial charge in [0.2, 0.25) is 10.0 Å². The molecule has 0 unspecified atom stereocenters. The Morgan fingerprint density at radius 2 is 1.68 bits per heavy atom. The molecule has 0 radical (unpaired) electrons. The minimum atomic E-state index is -3.87. The lowest BCUT2D eigenvalue weighted by Gasteiger charge is -2.35. The molecule has 34 heavy (non-hydrogen) atoms. The number of hydroxylamine groups is 1. The van der Waals surface area contributed by atoms with Crippen LogP contribution in [-0.4, -0.2) is 81.0 Å². The normalized spacial score (nSPS) is 19.2. The van der Waals surface area contributed by atoms with Crippen molar-refractivity contribution in [1.82, 2.24) is 8.61 Å². The summed E-state index contributed by atoms with van der Waals surface area (Å²) >= 11 is 0.798. The molecule has 4 rings (SSSR count). The molecule has 2 aliphatic rings. The fourth-order valence-electron chi connectivity index (χ4n) is 3.93. The van der Waals surface area contributed by atoms with E-state index in [1.165, 1.54) is 26.1 Å². The zero-order valence-electron chi connectivity index (χ0n) is 18.0. The number of hydrogen-bond acceptors (Lipinski definition) is 10. The Morgan fingerprint density at radius 1 is 1.03 bits per heavy atom. The minimum absolute atomic E-state index is 0.0604. The maximum Gasteiger partial charge on any atom is 0.281 e. The van der Waals surface area contributed by atoms with Gasteiger partial charge in [-0.25, -0.2) is 16.8 Å². The molecule has 2 fully saturated rings. The highest BCUT2D eigenvalue weighted by Crippen LogP contribution is 2.31. The van der Waals surface area contributed by atoms with Crippen LogP contribution in [0.2, 0.25) is 0 Å². The largest absolute Gasteiger partial charge is 0.379 e. The lowest BCUT2D eigenvalue weighted by Crippen LogP contribution is -2.45. The van der Waals surface area contributed by atoms with Crippen molar-refractivity contribution in [3.63, 3.8) is 0 Å². The van der Waals surface area contributed by atoms with Gasteiger partial charge in [0.1, 0.15) is 4.21 Å². The monoisotopic (exact) mass is 532 g/mol. The lowest BCUT2D eigenvalue weighted by atomic mass is 10.1. The molecule has 186 valence electrons. The predicted molar refractivity (Wildman–Crippen MR) is 123 cm³/mol. The standard InChI is InChI=1S/C19H24N4O8S3/c24-22(16-2-1-3-18(12-16)33(27,28)21-8-10-31-11-9-21)15-4-6-20(7-5-15)34(29,30)19-13-17(14-32-19)23(25)26/h1-3,12-15,24H,4-11H2. The lowest BCUT2D eigenvalue weighted by molar-refractivity contribution is -0.384. The highest BCUT2D eigenvalue weighted by Gasteiger charge is 2.34. The van der Waals surface area contributed by atoms with Gasteiger partial charge >= 0.3 is 0 Å². The number of piperidine rings is 1. The fourth-order valence-corrected chi connectivity index (χ4v) is 8.12. The summed E-state index contributed by atoms with van der Waals surface area (Å²) < 4.78 is 59.2. The second-order valence-corrected chi connectivity index (χ2v) is 12.9. The third-order valence-corrected chi connectivity index (χ3v) is 11.0. The van der Waals surface area contributed by atoms with Crippen LogP contribution >= 0.6 is 11.3 Å². The van der Waals surface area contributed by atoms with Crippen molar-refractivity contribution in [3.05, 3.63) is 45.8 Å². The van der Waals surface area contributed by atoms with Crippen LogP contribution < -0.4 is 5.06 Å². The molecule has 2 aliphatic heterocycles. The first kappa shape index (κ1) is 25.0. The second-order valence-electron chi connectivity index (χ2n) is 7.87. The van der Waals surface area contributed by atoms with E-state index in [0.717, 1.165) is 22.5 Å². The Kier molecular flexibility index (Phi) is 7.23. The molecule has 2 saturated heterocycles. The van der Waals surface area contributed by atoms with Gasteiger partial charge in [-0.05, 0) is 31.0 Å². The SMILES string of the molecule is O=[N+]([O-])c1csc(S(=O)(=O)N2CCC(N(O)c3cccc(S(=O)(=O)N4CCOCC4)c3)CC2)c1. The zero-order chi connectivity index (χ0) is 24.5. The van der Waals surface area contributed by atoms with Crippen molar-refractivity contribution < 1.29 is 31.7 Å². The summed E-state index contributed by atoms with van der Waals surface area (Å²) in [6, 6.07) is 6.63. The van der Waals surface area contributed by atoms with Crippen molar-refractivity contribution >= 4 is 42.8 Å². The average molecular weight is 533 g/mol. The van der Waals surface area contributed by atoms with E-state index in [9.17, 15) is 32.2 Å². The van der Waals surface area contributed by atoms with Crippen LogP contribution in [-0.2, 0) is 24.8 Å². The molecule has 2 aromatic rings. The molecule has 1 aromatic heterocycles. The second kappa shape index (κ2) is 9.85. The molecule has 1 aromatic carbocycles. The van der Waals surface area contributed by atoms with E-state index in [0.29, 0.717) is 31.7 Å². The highest BCUT2D eigenvalue weighted by molar-refractivity contribution is 7.91. The molecular formula is C19H24N4O8S3. The summed E-state index contributed by atoms with van der Waals surface area (Å²) in [5, 5.41) is 23.8. The van der Waals surface area contributed by atoms with Crippen molar-refractivity contribution in [2.24, 2.45) is 0 Å². The summed E-state index contributed by atoms with van der Waals surface area (Å²) in [7, 11) is -7.61. The summed E-state index contributed by atoms with van der Waals surface area (Å²) in [5.41, 5.74) is 0.0245. The van der Waals surface area contributed by atoms with Crippen LogP contribution in [0.4, 0.5) is 11.4 Å². The Labute approximate surface area is 201 Å². The smallest absolute Gasteiger partial charge is 0.281 e. The Bertz CT molecular complexity index is 1250. The average Bonchev–Trinajstić information content (AvgIpc) is 3.36. The molecule has 0 atom stereocenters. The van der Waals surface area contributed by atoms with E-state index in [-0.39, 0.29) is 41.0 Å². The van der Waals surface area contributed by atoms with Gasteiger partial charge in [-0.2, -0.15) is 8.61 Å². The van der Waals surface area contributed by atoms with Crippen LogP contribution in [0.15, 0.2) is 44.8 Å².